The van der Waals surface area contributed by atoms with E-state index in [9.17, 15) is 4.79 Å². The Morgan fingerprint density at radius 3 is 1.92 bits per heavy atom. The number of esters is 1. The van der Waals surface area contributed by atoms with Crippen molar-refractivity contribution in [1.29, 1.82) is 0 Å². The van der Waals surface area contributed by atoms with Crippen LogP contribution in [0.4, 0.5) is 0 Å². The molecule has 0 aliphatic carbocycles. The lowest BCUT2D eigenvalue weighted by atomic mass is 10.0. The average Bonchev–Trinajstić information content (AvgIpc) is 2.56. The number of ether oxygens (including phenoxy) is 1. The molecule has 0 aliphatic heterocycles. The Morgan fingerprint density at radius 2 is 1.38 bits per heavy atom. The fourth-order valence-electron chi connectivity index (χ4n) is 3.06. The molecule has 0 N–H and O–H groups in total. The van der Waals surface area contributed by atoms with E-state index >= 15 is 0 Å². The van der Waals surface area contributed by atoms with Gasteiger partial charge >= 0.3 is 5.97 Å². The zero-order valence-electron chi connectivity index (χ0n) is 17.1. The lowest BCUT2D eigenvalue weighted by Crippen LogP contribution is -2.13. The molecule has 0 saturated carbocycles. The van der Waals surface area contributed by atoms with Gasteiger partial charge in [0.2, 0.25) is 0 Å². The maximum absolute atomic E-state index is 11.8. The molecule has 0 amide bonds. The first-order valence-electron chi connectivity index (χ1n) is 10.8. The van der Waals surface area contributed by atoms with Crippen LogP contribution in [0.15, 0.2) is 0 Å². The van der Waals surface area contributed by atoms with E-state index < -0.39 is 0 Å². The molecular formula is C22H44O2. The third kappa shape index (κ3) is 16.3. The minimum Gasteiger partial charge on any atom is -0.465 e. The first-order chi connectivity index (χ1) is 11.6. The fraction of sp³-hybridized carbons (Fsp3) is 0.955. The minimum atomic E-state index is 0.0126. The second-order valence-electron chi connectivity index (χ2n) is 7.86. The molecule has 2 nitrogen and oxygen atoms in total. The predicted octanol–water partition coefficient (Wildman–Crippen LogP) is 7.30. The van der Waals surface area contributed by atoms with E-state index in [4.69, 9.17) is 4.74 Å². The monoisotopic (exact) mass is 340 g/mol. The van der Waals surface area contributed by atoms with Gasteiger partial charge in [0.25, 0.3) is 0 Å². The Kier molecular flexibility index (Phi) is 16.9. The molecule has 0 aliphatic rings. The van der Waals surface area contributed by atoms with E-state index in [2.05, 4.69) is 27.7 Å². The van der Waals surface area contributed by atoms with E-state index in [-0.39, 0.29) is 5.97 Å². The predicted molar refractivity (Wildman–Crippen MR) is 105 cm³/mol. The number of unbranched alkanes of at least 4 members (excludes halogenated alkanes) is 8. The number of carbonyl (C=O) groups excluding carboxylic acids is 1. The van der Waals surface area contributed by atoms with Crippen molar-refractivity contribution < 1.29 is 9.53 Å². The number of hydrogen-bond donors (Lipinski definition) is 0. The van der Waals surface area contributed by atoms with Gasteiger partial charge in [0.1, 0.15) is 0 Å². The van der Waals surface area contributed by atoms with Crippen LogP contribution in [-0.4, -0.2) is 12.6 Å². The summed E-state index contributed by atoms with van der Waals surface area (Å²) in [6, 6.07) is 0. The molecule has 0 rings (SSSR count). The molecule has 0 saturated heterocycles. The van der Waals surface area contributed by atoms with Crippen molar-refractivity contribution in [3.8, 4) is 0 Å². The lowest BCUT2D eigenvalue weighted by Gasteiger charge is -2.14. The zero-order chi connectivity index (χ0) is 18.0. The van der Waals surface area contributed by atoms with Crippen molar-refractivity contribution in [2.75, 3.05) is 6.61 Å². The molecule has 0 aromatic rings. The summed E-state index contributed by atoms with van der Waals surface area (Å²) < 4.78 is 5.44. The third-order valence-electron chi connectivity index (χ3n) is 4.94. The summed E-state index contributed by atoms with van der Waals surface area (Å²) in [5.41, 5.74) is 0. The zero-order valence-corrected chi connectivity index (χ0v) is 17.1. The second kappa shape index (κ2) is 17.3. The minimum absolute atomic E-state index is 0.0126. The smallest absolute Gasteiger partial charge is 0.305 e. The Hall–Kier alpha value is -0.530. The van der Waals surface area contributed by atoms with Crippen LogP contribution in [0.5, 0.6) is 0 Å². The standard InChI is InChI=1S/C22H44O2/c1-5-7-17-21(6-2)19-24-22(23)18-15-13-11-9-8-10-12-14-16-20(3)4/h20-21H,5-19H2,1-4H3. The van der Waals surface area contributed by atoms with Crippen LogP contribution < -0.4 is 0 Å². The highest BCUT2D eigenvalue weighted by Crippen LogP contribution is 2.15. The van der Waals surface area contributed by atoms with Crippen LogP contribution in [0.2, 0.25) is 0 Å². The molecule has 1 unspecified atom stereocenters. The molecule has 24 heavy (non-hydrogen) atoms. The second-order valence-corrected chi connectivity index (χ2v) is 7.86. The average molecular weight is 341 g/mol. The summed E-state index contributed by atoms with van der Waals surface area (Å²) in [6.07, 6.45) is 17.0. The maximum atomic E-state index is 11.8. The molecule has 0 aromatic carbocycles. The Morgan fingerprint density at radius 1 is 0.792 bits per heavy atom. The van der Waals surface area contributed by atoms with E-state index in [1.807, 2.05) is 0 Å². The van der Waals surface area contributed by atoms with Gasteiger partial charge in [0, 0.05) is 6.42 Å². The molecule has 0 heterocycles. The van der Waals surface area contributed by atoms with Crippen molar-refractivity contribution in [2.45, 2.75) is 118 Å². The fourth-order valence-corrected chi connectivity index (χ4v) is 3.06. The summed E-state index contributed by atoms with van der Waals surface area (Å²) in [7, 11) is 0. The molecule has 0 spiro atoms. The van der Waals surface area contributed by atoms with Gasteiger partial charge < -0.3 is 4.74 Å². The molecule has 0 radical (unpaired) electrons. The van der Waals surface area contributed by atoms with Crippen molar-refractivity contribution in [2.24, 2.45) is 11.8 Å². The molecule has 0 bridgehead atoms. The SMILES string of the molecule is CCCCC(CC)COC(=O)CCCCCCCCCCC(C)C. The highest BCUT2D eigenvalue weighted by Gasteiger charge is 2.09. The number of carbonyl (C=O) groups is 1. The van der Waals surface area contributed by atoms with Gasteiger partial charge in [0.15, 0.2) is 0 Å². The number of rotatable bonds is 17. The van der Waals surface area contributed by atoms with E-state index in [1.165, 1.54) is 70.6 Å². The van der Waals surface area contributed by atoms with Crippen molar-refractivity contribution >= 4 is 5.97 Å². The topological polar surface area (TPSA) is 26.3 Å². The van der Waals surface area contributed by atoms with Crippen molar-refractivity contribution in [3.63, 3.8) is 0 Å². The highest BCUT2D eigenvalue weighted by molar-refractivity contribution is 5.69. The molecule has 2 heteroatoms. The molecule has 0 fully saturated rings. The van der Waals surface area contributed by atoms with Crippen LogP contribution in [0, 0.1) is 11.8 Å². The first kappa shape index (κ1) is 23.5. The third-order valence-corrected chi connectivity index (χ3v) is 4.94. The summed E-state index contributed by atoms with van der Waals surface area (Å²) in [6.45, 7) is 9.64. The van der Waals surface area contributed by atoms with Gasteiger partial charge in [-0.25, -0.2) is 0 Å². The van der Waals surface area contributed by atoms with Crippen LogP contribution in [-0.2, 0) is 9.53 Å². The molecular weight excluding hydrogens is 296 g/mol. The van der Waals surface area contributed by atoms with Crippen LogP contribution in [0.1, 0.15) is 118 Å². The highest BCUT2D eigenvalue weighted by atomic mass is 16.5. The first-order valence-corrected chi connectivity index (χ1v) is 10.8. The number of hydrogen-bond acceptors (Lipinski definition) is 2. The van der Waals surface area contributed by atoms with Crippen LogP contribution in [0.3, 0.4) is 0 Å². The Balaban J connectivity index is 3.36. The van der Waals surface area contributed by atoms with Gasteiger partial charge in [-0.2, -0.15) is 0 Å². The largest absolute Gasteiger partial charge is 0.465 e. The summed E-state index contributed by atoms with van der Waals surface area (Å²) in [5.74, 6) is 1.42. The van der Waals surface area contributed by atoms with E-state index in [0.29, 0.717) is 18.9 Å². The van der Waals surface area contributed by atoms with Gasteiger partial charge in [-0.3, -0.25) is 4.79 Å². The van der Waals surface area contributed by atoms with Gasteiger partial charge in [0.05, 0.1) is 6.61 Å². The normalized spacial score (nSPS) is 12.5. The van der Waals surface area contributed by atoms with Crippen LogP contribution in [0.25, 0.3) is 0 Å². The molecule has 0 aromatic heterocycles. The Labute approximate surface area is 152 Å². The van der Waals surface area contributed by atoms with Gasteiger partial charge in [-0.05, 0) is 24.7 Å². The summed E-state index contributed by atoms with van der Waals surface area (Å²) >= 11 is 0. The van der Waals surface area contributed by atoms with Gasteiger partial charge in [-0.1, -0.05) is 98.3 Å². The lowest BCUT2D eigenvalue weighted by molar-refractivity contribution is -0.145. The molecule has 144 valence electrons. The maximum Gasteiger partial charge on any atom is 0.305 e. The van der Waals surface area contributed by atoms with E-state index in [1.54, 1.807) is 0 Å². The van der Waals surface area contributed by atoms with Crippen LogP contribution >= 0.6 is 0 Å². The molecule has 1 atom stereocenters. The van der Waals surface area contributed by atoms with E-state index in [0.717, 1.165) is 18.8 Å². The summed E-state index contributed by atoms with van der Waals surface area (Å²) in [4.78, 5) is 11.8. The Bertz CT molecular complexity index is 273. The van der Waals surface area contributed by atoms with Crippen molar-refractivity contribution in [3.05, 3.63) is 0 Å². The van der Waals surface area contributed by atoms with Gasteiger partial charge in [-0.15, -0.1) is 0 Å². The summed E-state index contributed by atoms with van der Waals surface area (Å²) in [5, 5.41) is 0. The van der Waals surface area contributed by atoms with Crippen molar-refractivity contribution in [1.82, 2.24) is 0 Å². The quantitative estimate of drug-likeness (QED) is 0.205.